The lowest BCUT2D eigenvalue weighted by Gasteiger charge is -2.11. The predicted molar refractivity (Wildman–Crippen MR) is 75.2 cm³/mol. The molecule has 0 atom stereocenters. The lowest BCUT2D eigenvalue weighted by molar-refractivity contribution is 0.683. The van der Waals surface area contributed by atoms with Crippen molar-refractivity contribution in [1.29, 1.82) is 0 Å². The summed E-state index contributed by atoms with van der Waals surface area (Å²) in [5.41, 5.74) is 1.95. The number of nitrogens with one attached hydrogen (secondary N) is 1. The number of hydrogen-bond acceptors (Lipinski definition) is 3. The quantitative estimate of drug-likeness (QED) is 0.885. The molecule has 0 unspecified atom stereocenters. The Hall–Kier alpha value is -0.590. The molecular weight excluding hydrogens is 371 g/mol. The summed E-state index contributed by atoms with van der Waals surface area (Å²) in [6, 6.07) is 3.69. The summed E-state index contributed by atoms with van der Waals surface area (Å²) in [6.45, 7) is 0.641. The predicted octanol–water partition coefficient (Wildman–Crippen LogP) is 3.61. The monoisotopic (exact) mass is 378 g/mol. The summed E-state index contributed by atoms with van der Waals surface area (Å²) in [7, 11) is 1.86. The van der Waals surface area contributed by atoms with Gasteiger partial charge in [-0.1, -0.05) is 16.8 Å². The molecule has 7 heteroatoms. The number of rotatable bonds is 3. The molecule has 2 rings (SSSR count). The standard InChI is InChI=1S/C10H9Br2ClN4/c1-17-7(5-15-16-17)4-14-10-8(11)2-6(13)3-9(10)12/h2-3,5,14H,4H2,1H3. The van der Waals surface area contributed by atoms with Crippen molar-refractivity contribution in [2.75, 3.05) is 5.32 Å². The molecule has 1 N–H and O–H groups in total. The van der Waals surface area contributed by atoms with Crippen molar-refractivity contribution in [3.8, 4) is 0 Å². The van der Waals surface area contributed by atoms with Gasteiger partial charge in [-0.15, -0.1) is 5.10 Å². The smallest absolute Gasteiger partial charge is 0.0774 e. The van der Waals surface area contributed by atoms with Crippen LogP contribution in [0.15, 0.2) is 27.3 Å². The summed E-state index contributed by atoms with van der Waals surface area (Å²) in [5, 5.41) is 11.7. The largest absolute Gasteiger partial charge is 0.378 e. The number of aromatic nitrogens is 3. The van der Waals surface area contributed by atoms with Gasteiger partial charge in [-0.3, -0.25) is 4.68 Å². The van der Waals surface area contributed by atoms with Gasteiger partial charge >= 0.3 is 0 Å². The molecule has 0 amide bonds. The lowest BCUT2D eigenvalue weighted by Crippen LogP contribution is -2.06. The van der Waals surface area contributed by atoms with Crippen molar-refractivity contribution in [1.82, 2.24) is 15.0 Å². The summed E-state index contributed by atoms with van der Waals surface area (Å²) < 4.78 is 3.55. The highest BCUT2D eigenvalue weighted by atomic mass is 79.9. The van der Waals surface area contributed by atoms with Crippen LogP contribution >= 0.6 is 43.5 Å². The number of nitrogens with zero attached hydrogens (tertiary/aromatic N) is 3. The number of hydrogen-bond donors (Lipinski definition) is 1. The van der Waals surface area contributed by atoms with Gasteiger partial charge in [0.25, 0.3) is 0 Å². The molecule has 0 bridgehead atoms. The first-order chi connectivity index (χ1) is 8.08. The second kappa shape index (κ2) is 5.37. The van der Waals surface area contributed by atoms with E-state index >= 15 is 0 Å². The van der Waals surface area contributed by atoms with Crippen LogP contribution in [-0.4, -0.2) is 15.0 Å². The molecular formula is C10H9Br2ClN4. The Morgan fingerprint density at radius 2 is 2.00 bits per heavy atom. The van der Waals surface area contributed by atoms with E-state index in [1.807, 2.05) is 19.2 Å². The summed E-state index contributed by atoms with van der Waals surface area (Å²) in [4.78, 5) is 0. The highest BCUT2D eigenvalue weighted by Gasteiger charge is 2.07. The van der Waals surface area contributed by atoms with Crippen LogP contribution in [0.3, 0.4) is 0 Å². The topological polar surface area (TPSA) is 42.7 Å². The molecule has 0 aliphatic carbocycles. The zero-order valence-electron chi connectivity index (χ0n) is 8.91. The third-order valence-electron chi connectivity index (χ3n) is 2.26. The van der Waals surface area contributed by atoms with Crippen LogP contribution in [0.25, 0.3) is 0 Å². The van der Waals surface area contributed by atoms with E-state index < -0.39 is 0 Å². The minimum absolute atomic E-state index is 0.641. The molecule has 1 heterocycles. The first kappa shape index (κ1) is 12.9. The third kappa shape index (κ3) is 3.00. The maximum Gasteiger partial charge on any atom is 0.0774 e. The van der Waals surface area contributed by atoms with E-state index in [1.54, 1.807) is 10.9 Å². The molecule has 0 radical (unpaired) electrons. The second-order valence-electron chi connectivity index (χ2n) is 3.45. The molecule has 2 aromatic rings. The van der Waals surface area contributed by atoms with Gasteiger partial charge in [-0.2, -0.15) is 0 Å². The van der Waals surface area contributed by atoms with E-state index in [0.29, 0.717) is 11.6 Å². The average molecular weight is 380 g/mol. The van der Waals surface area contributed by atoms with E-state index in [4.69, 9.17) is 11.6 Å². The number of aryl methyl sites for hydroxylation is 1. The fourth-order valence-electron chi connectivity index (χ4n) is 1.36. The maximum absolute atomic E-state index is 5.94. The Morgan fingerprint density at radius 1 is 1.35 bits per heavy atom. The van der Waals surface area contributed by atoms with Crippen molar-refractivity contribution >= 4 is 49.1 Å². The van der Waals surface area contributed by atoms with Crippen molar-refractivity contribution in [2.45, 2.75) is 6.54 Å². The van der Waals surface area contributed by atoms with Crippen LogP contribution in [0.4, 0.5) is 5.69 Å². The number of halogens is 3. The molecule has 0 aliphatic rings. The molecule has 90 valence electrons. The zero-order valence-corrected chi connectivity index (χ0v) is 12.8. The van der Waals surface area contributed by atoms with Crippen molar-refractivity contribution in [3.05, 3.63) is 38.0 Å². The molecule has 1 aromatic carbocycles. The van der Waals surface area contributed by atoms with Crippen molar-refractivity contribution < 1.29 is 0 Å². The van der Waals surface area contributed by atoms with Gasteiger partial charge in [0, 0.05) is 21.0 Å². The molecule has 4 nitrogen and oxygen atoms in total. The highest BCUT2D eigenvalue weighted by molar-refractivity contribution is 9.11. The van der Waals surface area contributed by atoms with Gasteiger partial charge in [0.2, 0.25) is 0 Å². The molecule has 17 heavy (non-hydrogen) atoms. The normalized spacial score (nSPS) is 10.6. The molecule has 0 saturated carbocycles. The Balaban J connectivity index is 2.17. The Labute approximate surface area is 121 Å². The van der Waals surface area contributed by atoms with E-state index in [-0.39, 0.29) is 0 Å². The van der Waals surface area contributed by atoms with Gasteiger partial charge in [-0.05, 0) is 44.0 Å². The molecule has 0 fully saturated rings. The van der Waals surface area contributed by atoms with Crippen LogP contribution in [0.5, 0.6) is 0 Å². The van der Waals surface area contributed by atoms with Crippen molar-refractivity contribution in [3.63, 3.8) is 0 Å². The molecule has 0 spiro atoms. The van der Waals surface area contributed by atoms with Gasteiger partial charge in [-0.25, -0.2) is 0 Å². The summed E-state index contributed by atoms with van der Waals surface area (Å²) >= 11 is 12.9. The van der Waals surface area contributed by atoms with Crippen LogP contribution in [0.2, 0.25) is 5.02 Å². The van der Waals surface area contributed by atoms with E-state index in [9.17, 15) is 0 Å². The van der Waals surface area contributed by atoms with E-state index in [0.717, 1.165) is 20.3 Å². The van der Waals surface area contributed by atoms with E-state index in [2.05, 4.69) is 47.5 Å². The lowest BCUT2D eigenvalue weighted by atomic mass is 10.3. The van der Waals surface area contributed by atoms with Crippen LogP contribution < -0.4 is 5.32 Å². The fraction of sp³-hybridized carbons (Fsp3) is 0.200. The Bertz CT molecular complexity index is 518. The van der Waals surface area contributed by atoms with Crippen molar-refractivity contribution in [2.24, 2.45) is 7.05 Å². The van der Waals surface area contributed by atoms with Crippen LogP contribution in [0.1, 0.15) is 5.69 Å². The fourth-order valence-corrected chi connectivity index (χ4v) is 3.31. The summed E-state index contributed by atoms with van der Waals surface area (Å²) in [6.07, 6.45) is 1.73. The average Bonchev–Trinajstić information content (AvgIpc) is 2.62. The van der Waals surface area contributed by atoms with E-state index in [1.165, 1.54) is 0 Å². The van der Waals surface area contributed by atoms with Crippen LogP contribution in [0, 0.1) is 0 Å². The molecule has 1 aromatic heterocycles. The molecule has 0 aliphatic heterocycles. The first-order valence-electron chi connectivity index (χ1n) is 4.80. The zero-order chi connectivity index (χ0) is 12.4. The highest BCUT2D eigenvalue weighted by Crippen LogP contribution is 2.34. The number of anilines is 1. The number of benzene rings is 1. The second-order valence-corrected chi connectivity index (χ2v) is 5.59. The van der Waals surface area contributed by atoms with Gasteiger partial charge in [0.15, 0.2) is 0 Å². The van der Waals surface area contributed by atoms with Gasteiger partial charge < -0.3 is 5.32 Å². The maximum atomic E-state index is 5.94. The minimum Gasteiger partial charge on any atom is -0.378 e. The third-order valence-corrected chi connectivity index (χ3v) is 3.73. The Morgan fingerprint density at radius 3 is 2.53 bits per heavy atom. The van der Waals surface area contributed by atoms with Gasteiger partial charge in [0.1, 0.15) is 0 Å². The first-order valence-corrected chi connectivity index (χ1v) is 6.76. The molecule has 0 saturated heterocycles. The Kier molecular flexibility index (Phi) is 4.06. The SMILES string of the molecule is Cn1nncc1CNc1c(Br)cc(Cl)cc1Br. The summed E-state index contributed by atoms with van der Waals surface area (Å²) in [5.74, 6) is 0. The van der Waals surface area contributed by atoms with Gasteiger partial charge in [0.05, 0.1) is 24.1 Å². The minimum atomic E-state index is 0.641. The van der Waals surface area contributed by atoms with Crippen LogP contribution in [-0.2, 0) is 13.6 Å².